The van der Waals surface area contributed by atoms with Gasteiger partial charge in [-0.3, -0.25) is 0 Å². The fourth-order valence-corrected chi connectivity index (χ4v) is 0.888. The van der Waals surface area contributed by atoms with Crippen molar-refractivity contribution in [2.45, 2.75) is 39.0 Å². The molecule has 0 aliphatic rings. The van der Waals surface area contributed by atoms with Crippen LogP contribution in [-0.2, 0) is 4.74 Å². The number of hydrogen-bond donors (Lipinski definition) is 3. The summed E-state index contributed by atoms with van der Waals surface area (Å²) in [5.41, 5.74) is 0. The van der Waals surface area contributed by atoms with Crippen LogP contribution in [0.15, 0.2) is 12.3 Å². The minimum Gasteiger partial charge on any atom is -0.391 e. The lowest BCUT2D eigenvalue weighted by Gasteiger charge is -2.17. The molecular formula is C11H24N2O2. The van der Waals surface area contributed by atoms with Crippen molar-refractivity contribution in [3.05, 3.63) is 12.3 Å². The molecule has 0 aliphatic carbocycles. The van der Waals surface area contributed by atoms with Crippen molar-refractivity contribution in [3.8, 4) is 0 Å². The molecule has 1 atom stereocenters. The number of nitrogens with one attached hydrogen (secondary N) is 2. The topological polar surface area (TPSA) is 53.5 Å². The number of ether oxygens (including phenoxy) is 1. The molecule has 0 spiro atoms. The van der Waals surface area contributed by atoms with E-state index in [1.807, 2.05) is 13.2 Å². The van der Waals surface area contributed by atoms with Gasteiger partial charge in [0.15, 0.2) is 5.79 Å². The summed E-state index contributed by atoms with van der Waals surface area (Å²) in [4.78, 5) is 0. The van der Waals surface area contributed by atoms with Crippen LogP contribution in [0.3, 0.4) is 0 Å². The van der Waals surface area contributed by atoms with Gasteiger partial charge in [-0.2, -0.15) is 0 Å². The van der Waals surface area contributed by atoms with Gasteiger partial charge in [0.2, 0.25) is 0 Å². The molecule has 0 radical (unpaired) electrons. The zero-order valence-corrected chi connectivity index (χ0v) is 10.2. The van der Waals surface area contributed by atoms with Crippen molar-refractivity contribution in [1.29, 1.82) is 0 Å². The third-order valence-corrected chi connectivity index (χ3v) is 1.88. The van der Waals surface area contributed by atoms with Gasteiger partial charge in [-0.25, -0.2) is 0 Å². The van der Waals surface area contributed by atoms with Gasteiger partial charge in [-0.1, -0.05) is 6.08 Å². The van der Waals surface area contributed by atoms with Gasteiger partial charge >= 0.3 is 0 Å². The predicted octanol–water partition coefficient (Wildman–Crippen LogP) is 0.833. The molecule has 0 rings (SSSR count). The maximum atomic E-state index is 9.26. The molecule has 0 heterocycles. The van der Waals surface area contributed by atoms with Crippen molar-refractivity contribution in [3.63, 3.8) is 0 Å². The minimum atomic E-state index is -1.02. The smallest absolute Gasteiger partial charge is 0.159 e. The van der Waals surface area contributed by atoms with Gasteiger partial charge in [-0.05, 0) is 40.4 Å². The van der Waals surface area contributed by atoms with E-state index in [2.05, 4.69) is 23.6 Å². The van der Waals surface area contributed by atoms with Crippen LogP contribution in [-0.4, -0.2) is 37.1 Å². The van der Waals surface area contributed by atoms with Crippen molar-refractivity contribution in [2.24, 2.45) is 0 Å². The Morgan fingerprint density at radius 2 is 2.13 bits per heavy atom. The van der Waals surface area contributed by atoms with Gasteiger partial charge < -0.3 is 20.5 Å². The molecule has 0 aliphatic heterocycles. The second kappa shape index (κ2) is 7.68. The molecule has 15 heavy (non-hydrogen) atoms. The van der Waals surface area contributed by atoms with Crippen LogP contribution >= 0.6 is 0 Å². The molecule has 4 heteroatoms. The van der Waals surface area contributed by atoms with Crippen LogP contribution in [0.2, 0.25) is 0 Å². The molecule has 0 saturated heterocycles. The Morgan fingerprint density at radius 1 is 1.47 bits per heavy atom. The van der Waals surface area contributed by atoms with E-state index >= 15 is 0 Å². The summed E-state index contributed by atoms with van der Waals surface area (Å²) in [7, 11) is 1.92. The molecule has 0 fully saturated rings. The van der Waals surface area contributed by atoms with Crippen LogP contribution in [0, 0.1) is 0 Å². The van der Waals surface area contributed by atoms with Crippen LogP contribution in [0.5, 0.6) is 0 Å². The average molecular weight is 216 g/mol. The Kier molecular flexibility index (Phi) is 7.38. The van der Waals surface area contributed by atoms with E-state index in [1.54, 1.807) is 13.8 Å². The maximum absolute atomic E-state index is 9.26. The van der Waals surface area contributed by atoms with Crippen molar-refractivity contribution in [2.75, 3.05) is 20.2 Å². The summed E-state index contributed by atoms with van der Waals surface area (Å²) in [6.07, 6.45) is 4.87. The fourth-order valence-electron chi connectivity index (χ4n) is 0.888. The highest BCUT2D eigenvalue weighted by atomic mass is 16.6. The highest BCUT2D eigenvalue weighted by Crippen LogP contribution is 2.02. The molecular weight excluding hydrogens is 192 g/mol. The molecule has 0 aromatic rings. The Balaban J connectivity index is 3.29. The standard InChI is InChI=1S/C11H24N2O2/c1-10(12-4)6-8-13-7-5-9-15-11(2,3)14/h6,8,10,12-14H,5,7,9H2,1-4H3/b8-6-. The lowest BCUT2D eigenvalue weighted by molar-refractivity contribution is -0.175. The van der Waals surface area contributed by atoms with E-state index in [9.17, 15) is 5.11 Å². The SMILES string of the molecule is CNC(C)/C=C\NCCCOC(C)(C)O. The first kappa shape index (κ1) is 14.4. The monoisotopic (exact) mass is 216 g/mol. The first-order valence-corrected chi connectivity index (χ1v) is 5.39. The molecule has 0 aromatic carbocycles. The summed E-state index contributed by atoms with van der Waals surface area (Å²) in [6.45, 7) is 6.76. The van der Waals surface area contributed by atoms with Gasteiger partial charge in [-0.15, -0.1) is 0 Å². The van der Waals surface area contributed by atoms with E-state index in [0.717, 1.165) is 13.0 Å². The van der Waals surface area contributed by atoms with Gasteiger partial charge in [0.1, 0.15) is 0 Å². The van der Waals surface area contributed by atoms with Gasteiger partial charge in [0.25, 0.3) is 0 Å². The van der Waals surface area contributed by atoms with E-state index in [1.165, 1.54) is 0 Å². The van der Waals surface area contributed by atoms with Crippen LogP contribution in [0.1, 0.15) is 27.2 Å². The Hall–Kier alpha value is -0.580. The zero-order chi connectivity index (χ0) is 11.7. The summed E-state index contributed by atoms with van der Waals surface area (Å²) in [6, 6.07) is 0.380. The molecule has 0 saturated carbocycles. The third-order valence-electron chi connectivity index (χ3n) is 1.88. The quantitative estimate of drug-likeness (QED) is 0.415. The average Bonchev–Trinajstić information content (AvgIpc) is 2.14. The Labute approximate surface area is 92.7 Å². The normalized spacial score (nSPS) is 14.5. The van der Waals surface area contributed by atoms with Crippen LogP contribution in [0.25, 0.3) is 0 Å². The molecule has 4 nitrogen and oxygen atoms in total. The fraction of sp³-hybridized carbons (Fsp3) is 0.818. The van der Waals surface area contributed by atoms with E-state index in [4.69, 9.17) is 4.74 Å². The number of aliphatic hydroxyl groups is 1. The second-order valence-corrected chi connectivity index (χ2v) is 4.04. The number of rotatable bonds is 8. The summed E-state index contributed by atoms with van der Waals surface area (Å²) in [5, 5.41) is 15.5. The molecule has 0 bridgehead atoms. The molecule has 3 N–H and O–H groups in total. The lowest BCUT2D eigenvalue weighted by atomic mass is 10.3. The molecule has 0 aromatic heterocycles. The van der Waals surface area contributed by atoms with Gasteiger partial charge in [0, 0.05) is 12.6 Å². The first-order valence-electron chi connectivity index (χ1n) is 5.39. The number of likely N-dealkylation sites (N-methyl/N-ethyl adjacent to an activating group) is 1. The lowest BCUT2D eigenvalue weighted by Crippen LogP contribution is -2.25. The summed E-state index contributed by atoms with van der Waals surface area (Å²) >= 11 is 0. The predicted molar refractivity (Wildman–Crippen MR) is 62.5 cm³/mol. The molecule has 1 unspecified atom stereocenters. The molecule has 0 amide bonds. The first-order chi connectivity index (χ1) is 6.95. The highest BCUT2D eigenvalue weighted by molar-refractivity contribution is 4.88. The third kappa shape index (κ3) is 11.3. The van der Waals surface area contributed by atoms with Crippen LogP contribution in [0.4, 0.5) is 0 Å². The van der Waals surface area contributed by atoms with Gasteiger partial charge in [0.05, 0.1) is 6.61 Å². The van der Waals surface area contributed by atoms with Crippen molar-refractivity contribution >= 4 is 0 Å². The Morgan fingerprint density at radius 3 is 2.67 bits per heavy atom. The van der Waals surface area contributed by atoms with E-state index in [-0.39, 0.29) is 0 Å². The number of hydrogen-bond acceptors (Lipinski definition) is 4. The minimum absolute atomic E-state index is 0.380. The molecule has 90 valence electrons. The van der Waals surface area contributed by atoms with E-state index in [0.29, 0.717) is 12.6 Å². The Bertz CT molecular complexity index is 176. The zero-order valence-electron chi connectivity index (χ0n) is 10.2. The summed E-state index contributed by atoms with van der Waals surface area (Å²) in [5.74, 6) is -1.02. The maximum Gasteiger partial charge on any atom is 0.159 e. The van der Waals surface area contributed by atoms with E-state index < -0.39 is 5.79 Å². The largest absolute Gasteiger partial charge is 0.391 e. The highest BCUT2D eigenvalue weighted by Gasteiger charge is 2.10. The van der Waals surface area contributed by atoms with Crippen molar-refractivity contribution in [1.82, 2.24) is 10.6 Å². The van der Waals surface area contributed by atoms with Crippen LogP contribution < -0.4 is 10.6 Å². The second-order valence-electron chi connectivity index (χ2n) is 4.04. The van der Waals surface area contributed by atoms with Crippen molar-refractivity contribution < 1.29 is 9.84 Å². The summed E-state index contributed by atoms with van der Waals surface area (Å²) < 4.78 is 5.16.